The molecule has 1 amide bonds. The maximum atomic E-state index is 13.1. The van der Waals surface area contributed by atoms with Crippen molar-refractivity contribution < 1.29 is 22.5 Å². The first kappa shape index (κ1) is 48.7. The summed E-state index contributed by atoms with van der Waals surface area (Å²) in [5.41, 5.74) is -1.44. The Morgan fingerprint density at radius 3 is 1.44 bits per heavy atom. The number of amides is 1. The fraction of sp³-hybridized carbons (Fsp3) is 0.865. The first-order valence-electron chi connectivity index (χ1n) is 19.0. The molecule has 0 aliphatic rings. The van der Waals surface area contributed by atoms with Gasteiger partial charge >= 0.3 is 5.69 Å². The van der Waals surface area contributed by atoms with Gasteiger partial charge in [0.1, 0.15) is 11.5 Å². The van der Waals surface area contributed by atoms with E-state index < -0.39 is 62.8 Å². The Hall–Kier alpha value is -1.34. The molecule has 0 bridgehead atoms. The number of anilines is 2. The number of carbonyl (C=O) groups is 1. The highest BCUT2D eigenvalue weighted by Gasteiger charge is 2.50. The van der Waals surface area contributed by atoms with Crippen LogP contribution in [0.5, 0.6) is 0 Å². The van der Waals surface area contributed by atoms with Crippen LogP contribution in [0.4, 0.5) is 11.5 Å². The SMILES string of the molecule is CC(C)C(=O)Nc1c(NC[C@H](O[Si](C)(C)C(C)(C)C)[C@H](O[Si](C)(C)C(C)(C)C)[C@@H](CO[Si](C)(C)C(C)(C)C)O[Si](C)(C)C(C)(C)C)[nH]c(=O)[nH]c1=O. The molecule has 0 saturated heterocycles. The van der Waals surface area contributed by atoms with E-state index in [2.05, 4.69) is 156 Å². The first-order chi connectivity index (χ1) is 22.9. The molecule has 304 valence electrons. The van der Waals surface area contributed by atoms with Gasteiger partial charge in [0.25, 0.3) is 5.56 Å². The monoisotopic (exact) mass is 802 g/mol. The Labute approximate surface area is 320 Å². The van der Waals surface area contributed by atoms with Crippen molar-refractivity contribution in [1.29, 1.82) is 0 Å². The molecular formula is C37H78N4O7Si4. The number of aromatic nitrogens is 2. The molecule has 1 heterocycles. The second-order valence-electron chi connectivity index (χ2n) is 20.9. The van der Waals surface area contributed by atoms with Gasteiger partial charge in [0.05, 0.1) is 24.9 Å². The average molecular weight is 803 g/mol. The van der Waals surface area contributed by atoms with Crippen LogP contribution < -0.4 is 21.9 Å². The summed E-state index contributed by atoms with van der Waals surface area (Å²) in [6.07, 6.45) is -1.66. The zero-order valence-corrected chi connectivity index (χ0v) is 41.1. The molecule has 11 nitrogen and oxygen atoms in total. The van der Waals surface area contributed by atoms with Crippen molar-refractivity contribution in [2.75, 3.05) is 23.8 Å². The number of hydrogen-bond donors (Lipinski definition) is 4. The van der Waals surface area contributed by atoms with Crippen LogP contribution in [0.15, 0.2) is 9.59 Å². The van der Waals surface area contributed by atoms with E-state index in [0.717, 1.165) is 0 Å². The van der Waals surface area contributed by atoms with E-state index in [4.69, 9.17) is 17.7 Å². The lowest BCUT2D eigenvalue weighted by atomic mass is 10.1. The number of nitrogens with one attached hydrogen (secondary N) is 4. The van der Waals surface area contributed by atoms with E-state index in [-0.39, 0.29) is 50.0 Å². The van der Waals surface area contributed by atoms with Crippen molar-refractivity contribution in [3.63, 3.8) is 0 Å². The minimum atomic E-state index is -2.49. The van der Waals surface area contributed by atoms with E-state index in [1.54, 1.807) is 13.8 Å². The summed E-state index contributed by atoms with van der Waals surface area (Å²) in [5, 5.41) is 5.65. The first-order valence-corrected chi connectivity index (χ1v) is 30.6. The zero-order chi connectivity index (χ0) is 41.3. The van der Waals surface area contributed by atoms with Gasteiger partial charge in [0.2, 0.25) is 5.91 Å². The van der Waals surface area contributed by atoms with Crippen molar-refractivity contribution in [1.82, 2.24) is 9.97 Å². The molecule has 0 aliphatic heterocycles. The average Bonchev–Trinajstić information content (AvgIpc) is 2.91. The number of H-pyrrole nitrogens is 2. The summed E-state index contributed by atoms with van der Waals surface area (Å²) in [6, 6.07) is 0. The predicted octanol–water partition coefficient (Wildman–Crippen LogP) is 9.26. The number of aromatic amines is 2. The highest BCUT2D eigenvalue weighted by Crippen LogP contribution is 2.44. The quantitative estimate of drug-likeness (QED) is 0.121. The summed E-state index contributed by atoms with van der Waals surface area (Å²) in [6.45, 7) is 48.5. The molecular weight excluding hydrogens is 725 g/mol. The number of hydrogen-bond acceptors (Lipinski definition) is 8. The summed E-state index contributed by atoms with van der Waals surface area (Å²) in [4.78, 5) is 43.4. The molecule has 1 rings (SSSR count). The van der Waals surface area contributed by atoms with Crippen LogP contribution in [0.3, 0.4) is 0 Å². The summed E-state index contributed by atoms with van der Waals surface area (Å²) in [5.74, 6) is -0.623. The van der Waals surface area contributed by atoms with Gasteiger partial charge < -0.3 is 28.3 Å². The standard InChI is InChI=1S/C37H78N4O7Si4/c1-25(2)31(42)39-28-30(40-33(44)41-32(28)43)38-23-26(46-50(17,18)35(6,7)8)29(48-52(21,22)37(12,13)14)27(47-51(19,20)36(9,10)11)24-45-49(15,16)34(3,4)5/h25-27,29H,23-24H2,1-22H3,(H,39,42)(H3,38,40,41,43,44)/t26-,27+,29-/m0/s1. The van der Waals surface area contributed by atoms with Crippen LogP contribution in [0.2, 0.25) is 72.5 Å². The molecule has 15 heteroatoms. The Morgan fingerprint density at radius 1 is 0.635 bits per heavy atom. The van der Waals surface area contributed by atoms with Gasteiger partial charge in [0.15, 0.2) is 33.3 Å². The van der Waals surface area contributed by atoms with Crippen LogP contribution in [0, 0.1) is 5.92 Å². The van der Waals surface area contributed by atoms with E-state index in [1.807, 2.05) is 0 Å². The third kappa shape index (κ3) is 12.9. The molecule has 0 fully saturated rings. The normalized spacial score (nSPS) is 16.1. The lowest BCUT2D eigenvalue weighted by Crippen LogP contribution is -2.61. The van der Waals surface area contributed by atoms with E-state index in [9.17, 15) is 14.4 Å². The summed E-state index contributed by atoms with van der Waals surface area (Å²) >= 11 is 0. The van der Waals surface area contributed by atoms with Crippen molar-refractivity contribution in [3.8, 4) is 0 Å². The third-order valence-corrected chi connectivity index (χ3v) is 30.1. The molecule has 0 radical (unpaired) electrons. The molecule has 52 heavy (non-hydrogen) atoms. The van der Waals surface area contributed by atoms with E-state index in [1.165, 1.54) is 0 Å². The highest BCUT2D eigenvalue weighted by atomic mass is 28.4. The second-order valence-corrected chi connectivity index (χ2v) is 40.0. The second kappa shape index (κ2) is 16.8. The van der Waals surface area contributed by atoms with Gasteiger partial charge in [0, 0.05) is 12.5 Å². The van der Waals surface area contributed by atoms with Gasteiger partial charge in [-0.3, -0.25) is 19.6 Å². The molecule has 0 unspecified atom stereocenters. The lowest BCUT2D eigenvalue weighted by molar-refractivity contribution is -0.118. The maximum Gasteiger partial charge on any atom is 0.327 e. The largest absolute Gasteiger partial charge is 0.414 e. The van der Waals surface area contributed by atoms with Crippen molar-refractivity contribution in [2.45, 2.75) is 188 Å². The van der Waals surface area contributed by atoms with Crippen LogP contribution in [0.1, 0.15) is 96.9 Å². The smallest absolute Gasteiger partial charge is 0.327 e. The van der Waals surface area contributed by atoms with Gasteiger partial charge in [-0.1, -0.05) is 96.9 Å². The molecule has 0 saturated carbocycles. The summed E-state index contributed by atoms with van der Waals surface area (Å²) < 4.78 is 29.2. The van der Waals surface area contributed by atoms with Crippen molar-refractivity contribution in [3.05, 3.63) is 20.8 Å². The van der Waals surface area contributed by atoms with Crippen LogP contribution >= 0.6 is 0 Å². The van der Waals surface area contributed by atoms with Crippen molar-refractivity contribution >= 4 is 50.7 Å². The fourth-order valence-corrected chi connectivity index (χ4v) is 9.15. The van der Waals surface area contributed by atoms with Crippen LogP contribution in [-0.2, 0) is 22.5 Å². The molecule has 1 aromatic rings. The number of carbonyl (C=O) groups excluding carboxylic acids is 1. The molecule has 1 aromatic heterocycles. The molecule has 0 aliphatic carbocycles. The van der Waals surface area contributed by atoms with Gasteiger partial charge in [-0.15, -0.1) is 0 Å². The minimum Gasteiger partial charge on any atom is -0.414 e. The van der Waals surface area contributed by atoms with Crippen LogP contribution in [0.25, 0.3) is 0 Å². The Kier molecular flexibility index (Phi) is 15.7. The number of rotatable bonds is 16. The maximum absolute atomic E-state index is 13.1. The van der Waals surface area contributed by atoms with Gasteiger partial charge in [-0.25, -0.2) is 4.79 Å². The summed E-state index contributed by atoms with van der Waals surface area (Å²) in [7, 11) is -9.62. The minimum absolute atomic E-state index is 0.0219. The topological polar surface area (TPSA) is 144 Å². The van der Waals surface area contributed by atoms with E-state index >= 15 is 0 Å². The molecule has 4 N–H and O–H groups in total. The third-order valence-electron chi connectivity index (χ3n) is 12.1. The highest BCUT2D eigenvalue weighted by molar-refractivity contribution is 6.75. The molecule has 0 spiro atoms. The Morgan fingerprint density at radius 2 is 1.04 bits per heavy atom. The zero-order valence-electron chi connectivity index (χ0n) is 37.1. The Balaban J connectivity index is 4.15. The van der Waals surface area contributed by atoms with Gasteiger partial charge in [-0.05, 0) is 72.5 Å². The van der Waals surface area contributed by atoms with Crippen molar-refractivity contribution in [2.24, 2.45) is 5.92 Å². The van der Waals surface area contributed by atoms with Gasteiger partial charge in [-0.2, -0.15) is 0 Å². The lowest BCUT2D eigenvalue weighted by Gasteiger charge is -2.49. The van der Waals surface area contributed by atoms with E-state index in [0.29, 0.717) is 6.61 Å². The molecule has 0 aromatic carbocycles. The fourth-order valence-electron chi connectivity index (χ4n) is 4.15. The predicted molar refractivity (Wildman–Crippen MR) is 229 cm³/mol. The molecule has 3 atom stereocenters. The van der Waals surface area contributed by atoms with Crippen LogP contribution in [-0.4, -0.2) is 80.6 Å². The Bertz CT molecular complexity index is 1460.